The monoisotopic (exact) mass is 355 g/mol. The summed E-state index contributed by atoms with van der Waals surface area (Å²) in [5.41, 5.74) is 1.94. The largest absolute Gasteiger partial charge is 0.497 e. The van der Waals surface area contributed by atoms with E-state index >= 15 is 0 Å². The van der Waals surface area contributed by atoms with E-state index in [2.05, 4.69) is 17.4 Å². The Morgan fingerprint density at radius 1 is 0.923 bits per heavy atom. The molecule has 1 N–H and O–H groups in total. The van der Waals surface area contributed by atoms with Crippen LogP contribution in [0.4, 0.5) is 5.69 Å². The van der Waals surface area contributed by atoms with Gasteiger partial charge in [-0.3, -0.25) is 9.59 Å². The summed E-state index contributed by atoms with van der Waals surface area (Å²) in [6.07, 6.45) is 2.69. The number of hydrogen-bond acceptors (Lipinski definition) is 4. The van der Waals surface area contributed by atoms with Gasteiger partial charge >= 0.3 is 5.97 Å². The highest BCUT2D eigenvalue weighted by atomic mass is 16.5. The Labute approximate surface area is 154 Å². The van der Waals surface area contributed by atoms with E-state index in [1.807, 2.05) is 18.2 Å². The molecule has 0 aliphatic rings. The summed E-state index contributed by atoms with van der Waals surface area (Å²) in [5, 5.41) is 2.79. The number of carbonyl (C=O) groups excluding carboxylic acids is 2. The van der Waals surface area contributed by atoms with Gasteiger partial charge in [-0.2, -0.15) is 0 Å². The molecule has 0 radical (unpaired) electrons. The fraction of sp³-hybridized carbons (Fsp3) is 0.333. The Kier molecular flexibility index (Phi) is 8.19. The maximum atomic E-state index is 11.9. The summed E-state index contributed by atoms with van der Waals surface area (Å²) in [6, 6.07) is 17.2. The molecule has 0 saturated carbocycles. The lowest BCUT2D eigenvalue weighted by Crippen LogP contribution is -2.13. The zero-order chi connectivity index (χ0) is 18.6. The Morgan fingerprint density at radius 2 is 1.65 bits per heavy atom. The molecule has 0 bridgehead atoms. The predicted molar refractivity (Wildman–Crippen MR) is 101 cm³/mol. The van der Waals surface area contributed by atoms with Gasteiger partial charge in [0.25, 0.3) is 0 Å². The number of anilines is 1. The van der Waals surface area contributed by atoms with E-state index in [4.69, 9.17) is 9.47 Å². The number of methoxy groups -OCH3 is 1. The first-order valence-electron chi connectivity index (χ1n) is 8.81. The van der Waals surface area contributed by atoms with Crippen LogP contribution in [0.3, 0.4) is 0 Å². The Hall–Kier alpha value is -2.82. The maximum Gasteiger partial charge on any atom is 0.305 e. The number of esters is 1. The number of benzene rings is 2. The summed E-state index contributed by atoms with van der Waals surface area (Å²) in [7, 11) is 1.59. The van der Waals surface area contributed by atoms with Crippen LogP contribution in [0.15, 0.2) is 54.6 Å². The van der Waals surface area contributed by atoms with Gasteiger partial charge < -0.3 is 14.8 Å². The fourth-order valence-corrected chi connectivity index (χ4v) is 2.47. The van der Waals surface area contributed by atoms with E-state index in [1.165, 1.54) is 5.56 Å². The first-order valence-corrected chi connectivity index (χ1v) is 8.81. The van der Waals surface area contributed by atoms with Crippen LogP contribution in [-0.4, -0.2) is 25.6 Å². The van der Waals surface area contributed by atoms with Gasteiger partial charge in [-0.1, -0.05) is 30.3 Å². The Bertz CT molecular complexity index is 683. The second-order valence-electron chi connectivity index (χ2n) is 5.94. The van der Waals surface area contributed by atoms with Crippen LogP contribution in [0.2, 0.25) is 0 Å². The molecule has 5 nitrogen and oxygen atoms in total. The highest BCUT2D eigenvalue weighted by Gasteiger charge is 2.07. The van der Waals surface area contributed by atoms with Crippen molar-refractivity contribution in [2.75, 3.05) is 19.0 Å². The molecule has 5 heteroatoms. The van der Waals surface area contributed by atoms with E-state index in [1.54, 1.807) is 31.4 Å². The quantitative estimate of drug-likeness (QED) is 0.517. The van der Waals surface area contributed by atoms with Gasteiger partial charge in [0.05, 0.1) is 13.7 Å². The minimum absolute atomic E-state index is 0.118. The summed E-state index contributed by atoms with van der Waals surface area (Å²) in [5.74, 6) is 0.361. The van der Waals surface area contributed by atoms with Crippen molar-refractivity contribution in [2.45, 2.75) is 32.1 Å². The van der Waals surface area contributed by atoms with Crippen molar-refractivity contribution in [3.05, 3.63) is 60.2 Å². The van der Waals surface area contributed by atoms with Crippen LogP contribution in [0, 0.1) is 0 Å². The van der Waals surface area contributed by atoms with Crippen molar-refractivity contribution >= 4 is 17.6 Å². The molecule has 0 unspecified atom stereocenters. The molecule has 0 heterocycles. The normalized spacial score (nSPS) is 10.2. The number of amides is 1. The number of rotatable bonds is 10. The second-order valence-corrected chi connectivity index (χ2v) is 5.94. The lowest BCUT2D eigenvalue weighted by Gasteiger charge is -2.07. The van der Waals surface area contributed by atoms with Crippen LogP contribution >= 0.6 is 0 Å². The topological polar surface area (TPSA) is 64.6 Å². The van der Waals surface area contributed by atoms with Crippen molar-refractivity contribution in [3.8, 4) is 5.75 Å². The summed E-state index contributed by atoms with van der Waals surface area (Å²) < 4.78 is 10.3. The molecule has 138 valence electrons. The van der Waals surface area contributed by atoms with Gasteiger partial charge in [0.15, 0.2) is 0 Å². The molecule has 0 spiro atoms. The number of hydrogen-bond donors (Lipinski definition) is 1. The molecule has 2 aromatic rings. The third kappa shape index (κ3) is 7.38. The van der Waals surface area contributed by atoms with Gasteiger partial charge in [-0.25, -0.2) is 0 Å². The van der Waals surface area contributed by atoms with Gasteiger partial charge in [0, 0.05) is 18.5 Å². The van der Waals surface area contributed by atoms with Crippen molar-refractivity contribution in [3.63, 3.8) is 0 Å². The van der Waals surface area contributed by atoms with Crippen LogP contribution in [0.25, 0.3) is 0 Å². The van der Waals surface area contributed by atoms with E-state index in [-0.39, 0.29) is 24.7 Å². The minimum Gasteiger partial charge on any atom is -0.497 e. The van der Waals surface area contributed by atoms with E-state index in [0.717, 1.165) is 18.6 Å². The van der Waals surface area contributed by atoms with Crippen molar-refractivity contribution < 1.29 is 19.1 Å². The van der Waals surface area contributed by atoms with Gasteiger partial charge in [0.1, 0.15) is 5.75 Å². The zero-order valence-corrected chi connectivity index (χ0v) is 15.1. The molecule has 0 atom stereocenters. The first-order chi connectivity index (χ1) is 12.7. The molecular formula is C21H25NO4. The van der Waals surface area contributed by atoms with Crippen LogP contribution in [0.1, 0.15) is 31.2 Å². The van der Waals surface area contributed by atoms with E-state index in [0.29, 0.717) is 18.7 Å². The molecular weight excluding hydrogens is 330 g/mol. The van der Waals surface area contributed by atoms with E-state index in [9.17, 15) is 9.59 Å². The lowest BCUT2D eigenvalue weighted by atomic mass is 10.1. The smallest absolute Gasteiger partial charge is 0.305 e. The zero-order valence-electron chi connectivity index (χ0n) is 15.1. The molecule has 2 rings (SSSR count). The Balaban J connectivity index is 1.55. The van der Waals surface area contributed by atoms with Gasteiger partial charge in [-0.05, 0) is 49.1 Å². The molecule has 0 aromatic heterocycles. The SMILES string of the molecule is COc1ccc(NC(=O)CCCC(=O)OCCCc2ccccc2)cc1. The summed E-state index contributed by atoms with van der Waals surface area (Å²) in [6.45, 7) is 0.409. The van der Waals surface area contributed by atoms with Crippen LogP contribution in [-0.2, 0) is 20.7 Å². The van der Waals surface area contributed by atoms with Gasteiger partial charge in [-0.15, -0.1) is 0 Å². The number of aryl methyl sites for hydroxylation is 1. The molecule has 0 aliphatic carbocycles. The van der Waals surface area contributed by atoms with Gasteiger partial charge in [0.2, 0.25) is 5.91 Å². The fourth-order valence-electron chi connectivity index (χ4n) is 2.47. The standard InChI is InChI=1S/C21H25NO4/c1-25-19-14-12-18(13-15-19)22-20(23)10-5-11-21(24)26-16-6-9-17-7-3-2-4-8-17/h2-4,7-8,12-15H,5-6,9-11,16H2,1H3,(H,22,23). The molecule has 1 amide bonds. The molecule has 0 aliphatic heterocycles. The highest BCUT2D eigenvalue weighted by Crippen LogP contribution is 2.15. The maximum absolute atomic E-state index is 11.9. The average molecular weight is 355 g/mol. The molecule has 0 saturated heterocycles. The van der Waals surface area contributed by atoms with E-state index < -0.39 is 0 Å². The second kappa shape index (κ2) is 10.9. The van der Waals surface area contributed by atoms with Crippen LogP contribution in [0.5, 0.6) is 5.75 Å². The number of ether oxygens (including phenoxy) is 2. The van der Waals surface area contributed by atoms with Crippen molar-refractivity contribution in [2.24, 2.45) is 0 Å². The molecule has 2 aromatic carbocycles. The third-order valence-corrected chi connectivity index (χ3v) is 3.87. The van der Waals surface area contributed by atoms with Crippen LogP contribution < -0.4 is 10.1 Å². The number of nitrogens with one attached hydrogen (secondary N) is 1. The lowest BCUT2D eigenvalue weighted by molar-refractivity contribution is -0.143. The van der Waals surface area contributed by atoms with Crippen molar-refractivity contribution in [1.82, 2.24) is 0 Å². The summed E-state index contributed by atoms with van der Waals surface area (Å²) >= 11 is 0. The first kappa shape index (κ1) is 19.5. The number of carbonyl (C=O) groups is 2. The predicted octanol–water partition coefficient (Wildman–Crippen LogP) is 3.98. The van der Waals surface area contributed by atoms with Crippen molar-refractivity contribution in [1.29, 1.82) is 0 Å². The third-order valence-electron chi connectivity index (χ3n) is 3.87. The highest BCUT2D eigenvalue weighted by molar-refractivity contribution is 5.90. The average Bonchev–Trinajstić information content (AvgIpc) is 2.67. The Morgan fingerprint density at radius 3 is 2.35 bits per heavy atom. The molecule has 26 heavy (non-hydrogen) atoms. The summed E-state index contributed by atoms with van der Waals surface area (Å²) in [4.78, 5) is 23.6. The molecule has 0 fully saturated rings. The minimum atomic E-state index is -0.254.